The van der Waals surface area contributed by atoms with E-state index in [0.717, 1.165) is 118 Å². The molecule has 0 aliphatic carbocycles. The molecular formula is C33H39N7O3. The van der Waals surface area contributed by atoms with Gasteiger partial charge in [0.2, 0.25) is 5.91 Å². The van der Waals surface area contributed by atoms with Gasteiger partial charge >= 0.3 is 0 Å². The maximum absolute atomic E-state index is 13.1. The van der Waals surface area contributed by atoms with Crippen molar-refractivity contribution in [3.05, 3.63) is 72.4 Å². The van der Waals surface area contributed by atoms with Gasteiger partial charge in [-0.25, -0.2) is 0 Å². The quantitative estimate of drug-likeness (QED) is 0.353. The van der Waals surface area contributed by atoms with Crippen LogP contribution in [0.5, 0.6) is 0 Å². The number of anilines is 3. The molecule has 0 saturated carbocycles. The molecule has 0 bridgehead atoms. The van der Waals surface area contributed by atoms with Crippen molar-refractivity contribution in [1.29, 1.82) is 0 Å². The Morgan fingerprint density at radius 2 is 1.44 bits per heavy atom. The molecule has 4 aromatic rings. The largest absolute Gasteiger partial charge is 0.379 e. The van der Waals surface area contributed by atoms with Crippen LogP contribution in [-0.2, 0) is 20.7 Å². The van der Waals surface area contributed by atoms with Crippen molar-refractivity contribution in [2.45, 2.75) is 25.3 Å². The lowest BCUT2D eigenvalue weighted by atomic mass is 10.0. The van der Waals surface area contributed by atoms with Gasteiger partial charge in [0.25, 0.3) is 0 Å². The summed E-state index contributed by atoms with van der Waals surface area (Å²) in [6.45, 7) is 9.00. The van der Waals surface area contributed by atoms with E-state index in [1.165, 1.54) is 0 Å². The molecule has 224 valence electrons. The van der Waals surface area contributed by atoms with Crippen molar-refractivity contribution in [3.8, 4) is 5.82 Å². The first kappa shape index (κ1) is 27.8. The number of morpholine rings is 2. The van der Waals surface area contributed by atoms with E-state index in [0.29, 0.717) is 6.04 Å². The number of benzene rings is 2. The van der Waals surface area contributed by atoms with E-state index in [4.69, 9.17) is 9.47 Å². The van der Waals surface area contributed by atoms with Crippen LogP contribution in [-0.4, -0.2) is 97.3 Å². The zero-order valence-electron chi connectivity index (χ0n) is 24.5. The molecule has 1 amide bonds. The Morgan fingerprint density at radius 1 is 0.767 bits per heavy atom. The second-order valence-electron chi connectivity index (χ2n) is 11.5. The molecule has 43 heavy (non-hydrogen) atoms. The van der Waals surface area contributed by atoms with E-state index in [1.807, 2.05) is 41.1 Å². The summed E-state index contributed by atoms with van der Waals surface area (Å²) in [5.41, 5.74) is 3.90. The fourth-order valence-corrected chi connectivity index (χ4v) is 6.55. The first-order valence-electron chi connectivity index (χ1n) is 15.4. The number of nitrogens with one attached hydrogen (secondary N) is 1. The number of carbonyl (C=O) groups is 1. The van der Waals surface area contributed by atoms with Crippen LogP contribution >= 0.6 is 0 Å². The number of amides is 1. The molecule has 0 unspecified atom stereocenters. The van der Waals surface area contributed by atoms with Crippen molar-refractivity contribution in [2.75, 3.05) is 80.8 Å². The lowest BCUT2D eigenvalue weighted by Gasteiger charge is -2.40. The fourth-order valence-electron chi connectivity index (χ4n) is 6.55. The Labute approximate surface area is 252 Å². The second-order valence-corrected chi connectivity index (χ2v) is 11.5. The second kappa shape index (κ2) is 12.7. The number of hydrogen-bond donors (Lipinski definition) is 1. The van der Waals surface area contributed by atoms with Crippen molar-refractivity contribution in [2.24, 2.45) is 0 Å². The van der Waals surface area contributed by atoms with Crippen LogP contribution < -0.4 is 15.1 Å². The van der Waals surface area contributed by atoms with Gasteiger partial charge in [-0.15, -0.1) is 10.2 Å². The van der Waals surface area contributed by atoms with Crippen LogP contribution in [0.1, 0.15) is 18.4 Å². The van der Waals surface area contributed by atoms with Gasteiger partial charge in [-0.05, 0) is 60.9 Å². The van der Waals surface area contributed by atoms with Gasteiger partial charge in [-0.1, -0.05) is 18.2 Å². The van der Waals surface area contributed by atoms with E-state index in [9.17, 15) is 4.79 Å². The Hall–Kier alpha value is -3.99. The Balaban J connectivity index is 1.01. The van der Waals surface area contributed by atoms with Gasteiger partial charge in [0, 0.05) is 68.3 Å². The number of carbonyl (C=O) groups excluding carboxylic acids is 1. The van der Waals surface area contributed by atoms with Gasteiger partial charge in [0.05, 0.1) is 38.4 Å². The maximum atomic E-state index is 13.1. The molecule has 10 nitrogen and oxygen atoms in total. The number of aromatic nitrogens is 3. The number of para-hydroxylation sites is 1. The van der Waals surface area contributed by atoms with Crippen molar-refractivity contribution < 1.29 is 14.3 Å². The number of nitrogens with zero attached hydrogens (tertiary/aromatic N) is 6. The van der Waals surface area contributed by atoms with Crippen LogP contribution in [0.15, 0.2) is 66.9 Å². The van der Waals surface area contributed by atoms with Crippen molar-refractivity contribution in [3.63, 3.8) is 0 Å². The lowest BCUT2D eigenvalue weighted by molar-refractivity contribution is -0.115. The van der Waals surface area contributed by atoms with Crippen LogP contribution in [0.3, 0.4) is 0 Å². The number of ether oxygens (including phenoxy) is 2. The van der Waals surface area contributed by atoms with E-state index >= 15 is 0 Å². The van der Waals surface area contributed by atoms with E-state index < -0.39 is 0 Å². The highest BCUT2D eigenvalue weighted by atomic mass is 16.5. The predicted octanol–water partition coefficient (Wildman–Crippen LogP) is 3.74. The maximum Gasteiger partial charge on any atom is 0.228 e. The van der Waals surface area contributed by atoms with Gasteiger partial charge in [-0.2, -0.15) is 0 Å². The monoisotopic (exact) mass is 581 g/mol. The molecule has 0 spiro atoms. The zero-order chi connectivity index (χ0) is 29.0. The third kappa shape index (κ3) is 6.22. The summed E-state index contributed by atoms with van der Waals surface area (Å²) in [5, 5.41) is 13.4. The highest BCUT2D eigenvalue weighted by Gasteiger charge is 2.26. The Morgan fingerprint density at radius 3 is 2.16 bits per heavy atom. The van der Waals surface area contributed by atoms with Crippen LogP contribution in [0.25, 0.3) is 16.7 Å². The molecule has 10 heteroatoms. The first-order valence-corrected chi connectivity index (χ1v) is 15.4. The third-order valence-electron chi connectivity index (χ3n) is 8.91. The summed E-state index contributed by atoms with van der Waals surface area (Å²) in [7, 11) is 0. The molecule has 7 rings (SSSR count). The standard InChI is InChI=1S/C33H39N7O3/c41-33(34-26-5-7-27(8-6-26)37-15-19-42-20-16-37)23-25-24-40(30-4-2-1-3-29(25)30)32-10-9-31(35-36-32)39-13-11-28(12-14-39)38-17-21-43-22-18-38/h1-10,24,28H,11-23H2,(H,34,41). The molecule has 5 heterocycles. The molecule has 2 aromatic heterocycles. The summed E-state index contributed by atoms with van der Waals surface area (Å²) in [4.78, 5) is 20.3. The lowest BCUT2D eigenvalue weighted by Crippen LogP contribution is -2.49. The summed E-state index contributed by atoms with van der Waals surface area (Å²) >= 11 is 0. The van der Waals surface area contributed by atoms with Crippen molar-refractivity contribution >= 4 is 34.0 Å². The number of fused-ring (bicyclic) bond motifs is 1. The summed E-state index contributed by atoms with van der Waals surface area (Å²) in [6.07, 6.45) is 4.55. The summed E-state index contributed by atoms with van der Waals surface area (Å²) < 4.78 is 13.0. The number of hydrogen-bond acceptors (Lipinski definition) is 8. The smallest absolute Gasteiger partial charge is 0.228 e. The normalized spacial score (nSPS) is 18.7. The minimum atomic E-state index is -0.0519. The van der Waals surface area contributed by atoms with Crippen LogP contribution in [0.2, 0.25) is 0 Å². The average molecular weight is 582 g/mol. The van der Waals surface area contributed by atoms with Crippen LogP contribution in [0, 0.1) is 0 Å². The fraction of sp³-hybridized carbons (Fsp3) is 0.424. The Bertz CT molecular complexity index is 1520. The molecule has 3 fully saturated rings. The molecule has 3 aliphatic heterocycles. The number of rotatable bonds is 7. The van der Waals surface area contributed by atoms with Gasteiger partial charge in [-0.3, -0.25) is 14.3 Å². The summed E-state index contributed by atoms with van der Waals surface area (Å²) in [6, 6.07) is 20.9. The minimum absolute atomic E-state index is 0.0519. The molecule has 3 aliphatic rings. The number of piperidine rings is 1. The Kier molecular flexibility index (Phi) is 8.22. The zero-order valence-corrected chi connectivity index (χ0v) is 24.5. The average Bonchev–Trinajstić information content (AvgIpc) is 3.44. The molecule has 0 atom stereocenters. The summed E-state index contributed by atoms with van der Waals surface area (Å²) in [5.74, 6) is 1.61. The highest BCUT2D eigenvalue weighted by molar-refractivity contribution is 5.96. The topological polar surface area (TPSA) is 88.0 Å². The van der Waals surface area contributed by atoms with Crippen LogP contribution in [0.4, 0.5) is 17.2 Å². The molecule has 3 saturated heterocycles. The van der Waals surface area contributed by atoms with Gasteiger partial charge in [0.1, 0.15) is 0 Å². The molecule has 2 aromatic carbocycles. The first-order chi connectivity index (χ1) is 21.2. The van der Waals surface area contributed by atoms with E-state index in [-0.39, 0.29) is 12.3 Å². The van der Waals surface area contributed by atoms with Gasteiger partial charge in [0.15, 0.2) is 11.6 Å². The molecule has 1 N–H and O–H groups in total. The SMILES string of the molecule is O=C(Cc1cn(-c2ccc(N3CCC(N4CCOCC4)CC3)nn2)c2ccccc12)Nc1ccc(N2CCOCC2)cc1. The van der Waals surface area contributed by atoms with E-state index in [2.05, 4.69) is 60.5 Å². The predicted molar refractivity (Wildman–Crippen MR) is 168 cm³/mol. The minimum Gasteiger partial charge on any atom is -0.379 e. The molecule has 0 radical (unpaired) electrons. The van der Waals surface area contributed by atoms with E-state index in [1.54, 1.807) is 0 Å². The van der Waals surface area contributed by atoms with Crippen molar-refractivity contribution in [1.82, 2.24) is 19.7 Å². The third-order valence-corrected chi connectivity index (χ3v) is 8.91. The highest BCUT2D eigenvalue weighted by Crippen LogP contribution is 2.27. The van der Waals surface area contributed by atoms with Gasteiger partial charge < -0.3 is 24.6 Å². The molecular weight excluding hydrogens is 542 g/mol.